The van der Waals surface area contributed by atoms with Crippen molar-refractivity contribution in [1.29, 1.82) is 0 Å². The van der Waals surface area contributed by atoms with Gasteiger partial charge in [-0.3, -0.25) is 25.2 Å². The molecular weight excluding hydrogens is 404 g/mol. The first-order valence-corrected chi connectivity index (χ1v) is 9.14. The van der Waals surface area contributed by atoms with E-state index in [1.54, 1.807) is 30.3 Å². The van der Waals surface area contributed by atoms with Crippen LogP contribution in [0.2, 0.25) is 0 Å². The van der Waals surface area contributed by atoms with E-state index in [0.717, 1.165) is 0 Å². The number of hydrazine groups is 1. The zero-order chi connectivity index (χ0) is 22.4. The minimum absolute atomic E-state index is 0.136. The molecule has 2 aromatic carbocycles. The van der Waals surface area contributed by atoms with Gasteiger partial charge in [0.15, 0.2) is 35.3 Å². The van der Waals surface area contributed by atoms with Crippen LogP contribution in [0, 0.1) is 0 Å². The molecule has 3 rings (SSSR count). The lowest BCUT2D eigenvalue weighted by atomic mass is 10.1. The third-order valence-corrected chi connectivity index (χ3v) is 4.18. The van der Waals surface area contributed by atoms with E-state index in [1.165, 1.54) is 37.0 Å². The molecule has 0 aliphatic carbocycles. The summed E-state index contributed by atoms with van der Waals surface area (Å²) in [6.45, 7) is 0.993. The predicted molar refractivity (Wildman–Crippen MR) is 109 cm³/mol. The number of carbonyl (C=O) groups is 3. The molecule has 3 N–H and O–H groups in total. The van der Waals surface area contributed by atoms with Gasteiger partial charge in [0.25, 0.3) is 11.8 Å². The van der Waals surface area contributed by atoms with Crippen molar-refractivity contribution in [2.45, 2.75) is 6.92 Å². The number of methoxy groups -OCH3 is 1. The highest BCUT2D eigenvalue weighted by atomic mass is 16.5. The Morgan fingerprint density at radius 3 is 2.48 bits per heavy atom. The standard InChI is InChI=1S/C21H20N4O6/c1-13(26)14-8-9-17(18(10-14)30-2)31-12-19(28)22-23-21(29)20-16(27)11-25(24-20)15-6-4-3-5-7-15/h3-11,27H,12H2,1-2H3,(H,22,28)(H,23,29). The van der Waals surface area contributed by atoms with E-state index in [9.17, 15) is 19.5 Å². The van der Waals surface area contributed by atoms with Crippen LogP contribution in [-0.4, -0.2) is 46.2 Å². The Morgan fingerprint density at radius 1 is 1.06 bits per heavy atom. The molecule has 0 unspecified atom stereocenters. The molecule has 0 saturated heterocycles. The topological polar surface area (TPSA) is 132 Å². The van der Waals surface area contributed by atoms with E-state index in [-0.39, 0.29) is 23.0 Å². The van der Waals surface area contributed by atoms with E-state index in [4.69, 9.17) is 9.47 Å². The van der Waals surface area contributed by atoms with Crippen LogP contribution in [0.3, 0.4) is 0 Å². The van der Waals surface area contributed by atoms with Crippen molar-refractivity contribution in [3.05, 3.63) is 66.0 Å². The van der Waals surface area contributed by atoms with Crippen molar-refractivity contribution < 1.29 is 29.0 Å². The van der Waals surface area contributed by atoms with E-state index < -0.39 is 18.4 Å². The third kappa shape index (κ3) is 5.18. The summed E-state index contributed by atoms with van der Waals surface area (Å²) in [6.07, 6.45) is 1.28. The number of carbonyl (C=O) groups excluding carboxylic acids is 3. The number of benzene rings is 2. The maximum atomic E-state index is 12.2. The second-order valence-electron chi connectivity index (χ2n) is 6.36. The largest absolute Gasteiger partial charge is 0.504 e. The average molecular weight is 424 g/mol. The number of rotatable bonds is 7. The minimum atomic E-state index is -0.802. The number of nitrogens with one attached hydrogen (secondary N) is 2. The van der Waals surface area contributed by atoms with Gasteiger partial charge in [0, 0.05) is 5.56 Å². The van der Waals surface area contributed by atoms with E-state index in [1.807, 2.05) is 6.07 Å². The first-order chi connectivity index (χ1) is 14.9. The van der Waals surface area contributed by atoms with E-state index >= 15 is 0 Å². The highest BCUT2D eigenvalue weighted by Gasteiger charge is 2.18. The summed E-state index contributed by atoms with van der Waals surface area (Å²) in [5, 5.41) is 14.0. The summed E-state index contributed by atoms with van der Waals surface area (Å²) in [7, 11) is 1.41. The summed E-state index contributed by atoms with van der Waals surface area (Å²) in [6, 6.07) is 13.5. The van der Waals surface area contributed by atoms with Gasteiger partial charge in [-0.15, -0.1) is 0 Å². The number of ether oxygens (including phenoxy) is 2. The van der Waals surface area contributed by atoms with Crippen LogP contribution in [0.5, 0.6) is 17.2 Å². The number of para-hydroxylation sites is 1. The zero-order valence-electron chi connectivity index (χ0n) is 16.8. The lowest BCUT2D eigenvalue weighted by Crippen LogP contribution is -2.44. The zero-order valence-corrected chi connectivity index (χ0v) is 16.8. The number of hydrogen-bond acceptors (Lipinski definition) is 7. The SMILES string of the molecule is COc1cc(C(C)=O)ccc1OCC(=O)NNC(=O)c1nn(-c2ccccc2)cc1O. The maximum absolute atomic E-state index is 12.2. The van der Waals surface area contributed by atoms with Crippen LogP contribution >= 0.6 is 0 Å². The Bertz CT molecular complexity index is 1110. The fourth-order valence-electron chi connectivity index (χ4n) is 2.61. The number of nitrogens with zero attached hydrogens (tertiary/aromatic N) is 2. The Kier molecular flexibility index (Phi) is 6.51. The smallest absolute Gasteiger partial charge is 0.294 e. The van der Waals surface area contributed by atoms with Crippen molar-refractivity contribution in [2.24, 2.45) is 0 Å². The number of aromatic nitrogens is 2. The number of Topliss-reactive ketones (excluding diaryl/α,β-unsaturated/α-hetero) is 1. The van der Waals surface area contributed by atoms with Crippen LogP contribution in [-0.2, 0) is 4.79 Å². The molecule has 2 amide bonds. The molecule has 3 aromatic rings. The third-order valence-electron chi connectivity index (χ3n) is 4.18. The molecule has 0 bridgehead atoms. The highest BCUT2D eigenvalue weighted by molar-refractivity contribution is 5.96. The number of amides is 2. The molecular formula is C21H20N4O6. The summed E-state index contributed by atoms with van der Waals surface area (Å²) in [5.41, 5.74) is 5.17. The fraction of sp³-hybridized carbons (Fsp3) is 0.143. The lowest BCUT2D eigenvalue weighted by Gasteiger charge is -2.12. The Hall–Kier alpha value is -4.34. The Balaban J connectivity index is 1.56. The first kappa shape index (κ1) is 21.4. The van der Waals surface area contributed by atoms with Crippen molar-refractivity contribution in [3.8, 4) is 22.9 Å². The van der Waals surface area contributed by atoms with Gasteiger partial charge in [-0.25, -0.2) is 4.68 Å². The van der Waals surface area contributed by atoms with E-state index in [0.29, 0.717) is 17.0 Å². The fourth-order valence-corrected chi connectivity index (χ4v) is 2.61. The first-order valence-electron chi connectivity index (χ1n) is 9.14. The van der Waals surface area contributed by atoms with Gasteiger partial charge >= 0.3 is 0 Å². The molecule has 0 spiro atoms. The lowest BCUT2D eigenvalue weighted by molar-refractivity contribution is -0.123. The molecule has 1 heterocycles. The van der Waals surface area contributed by atoms with Gasteiger partial charge in [-0.1, -0.05) is 18.2 Å². The van der Waals surface area contributed by atoms with Crippen LogP contribution in [0.4, 0.5) is 0 Å². The number of aromatic hydroxyl groups is 1. The molecule has 160 valence electrons. The van der Waals surface area contributed by atoms with Gasteiger partial charge in [0.2, 0.25) is 0 Å². The van der Waals surface area contributed by atoms with Gasteiger partial charge in [0.05, 0.1) is 19.0 Å². The molecule has 10 heteroatoms. The van der Waals surface area contributed by atoms with Crippen LogP contribution < -0.4 is 20.3 Å². The van der Waals surface area contributed by atoms with E-state index in [2.05, 4.69) is 16.0 Å². The molecule has 0 saturated carbocycles. The second-order valence-corrected chi connectivity index (χ2v) is 6.36. The van der Waals surface area contributed by atoms with Gasteiger partial charge in [-0.2, -0.15) is 5.10 Å². The van der Waals surface area contributed by atoms with Crippen LogP contribution in [0.1, 0.15) is 27.8 Å². The molecule has 0 radical (unpaired) electrons. The Labute approximate surface area is 177 Å². The highest BCUT2D eigenvalue weighted by Crippen LogP contribution is 2.28. The van der Waals surface area contributed by atoms with Crippen molar-refractivity contribution >= 4 is 17.6 Å². The molecule has 1 aromatic heterocycles. The summed E-state index contributed by atoms with van der Waals surface area (Å²) in [5.74, 6) is -1.39. The monoisotopic (exact) mass is 424 g/mol. The van der Waals surface area contributed by atoms with Crippen LogP contribution in [0.15, 0.2) is 54.7 Å². The van der Waals surface area contributed by atoms with Crippen molar-refractivity contribution in [1.82, 2.24) is 20.6 Å². The molecule has 0 aliphatic heterocycles. The molecule has 10 nitrogen and oxygen atoms in total. The second kappa shape index (κ2) is 9.44. The molecule has 0 aliphatic rings. The number of hydrogen-bond donors (Lipinski definition) is 3. The average Bonchev–Trinajstić information content (AvgIpc) is 3.18. The van der Waals surface area contributed by atoms with Gasteiger partial charge in [-0.05, 0) is 37.3 Å². The minimum Gasteiger partial charge on any atom is -0.504 e. The Morgan fingerprint density at radius 2 is 1.81 bits per heavy atom. The molecule has 0 fully saturated rings. The summed E-state index contributed by atoms with van der Waals surface area (Å²) >= 11 is 0. The summed E-state index contributed by atoms with van der Waals surface area (Å²) in [4.78, 5) is 35.7. The van der Waals surface area contributed by atoms with Gasteiger partial charge in [0.1, 0.15) is 0 Å². The summed E-state index contributed by atoms with van der Waals surface area (Å²) < 4.78 is 11.9. The molecule has 0 atom stereocenters. The van der Waals surface area contributed by atoms with Gasteiger partial charge < -0.3 is 14.6 Å². The van der Waals surface area contributed by atoms with Crippen molar-refractivity contribution in [3.63, 3.8) is 0 Å². The molecule has 31 heavy (non-hydrogen) atoms. The van der Waals surface area contributed by atoms with Crippen molar-refractivity contribution in [2.75, 3.05) is 13.7 Å². The van der Waals surface area contributed by atoms with Crippen LogP contribution in [0.25, 0.3) is 5.69 Å². The maximum Gasteiger partial charge on any atom is 0.294 e. The number of ketones is 1. The quantitative estimate of drug-likeness (QED) is 0.388. The normalized spacial score (nSPS) is 10.3. The predicted octanol–water partition coefficient (Wildman–Crippen LogP) is 1.63.